The highest BCUT2D eigenvalue weighted by molar-refractivity contribution is 6.03. The monoisotopic (exact) mass is 332 g/mol. The van der Waals surface area contributed by atoms with Crippen molar-refractivity contribution in [2.45, 2.75) is 19.4 Å². The molecular formula is C20H20N4O. The molecule has 0 aliphatic carbocycles. The molecule has 0 saturated carbocycles. The number of carbonyl (C=O) groups is 1. The minimum absolute atomic E-state index is 0.134. The molecule has 0 spiro atoms. The smallest absolute Gasteiger partial charge is 0.291 e. The van der Waals surface area contributed by atoms with Gasteiger partial charge in [-0.15, -0.1) is 0 Å². The molecule has 25 heavy (non-hydrogen) atoms. The number of carbonyl (C=O) groups excluding carboxylic acids is 1. The van der Waals surface area contributed by atoms with Crippen molar-refractivity contribution in [2.75, 3.05) is 10.2 Å². The van der Waals surface area contributed by atoms with Crippen LogP contribution in [-0.4, -0.2) is 21.9 Å². The maximum atomic E-state index is 12.8. The Morgan fingerprint density at radius 1 is 1.12 bits per heavy atom. The third kappa shape index (κ3) is 2.78. The highest BCUT2D eigenvalue weighted by Crippen LogP contribution is 2.32. The molecule has 0 bridgehead atoms. The number of benzene rings is 2. The molecule has 1 aliphatic heterocycles. The van der Waals surface area contributed by atoms with Crippen LogP contribution < -0.4 is 10.2 Å². The van der Waals surface area contributed by atoms with Gasteiger partial charge in [0.2, 0.25) is 0 Å². The zero-order chi connectivity index (χ0) is 17.4. The molecule has 1 aliphatic rings. The second-order valence-electron chi connectivity index (χ2n) is 6.39. The number of urea groups is 1. The third-order valence-electron chi connectivity index (χ3n) is 4.61. The van der Waals surface area contributed by atoms with Crippen LogP contribution in [0.5, 0.6) is 0 Å². The Balaban J connectivity index is 1.58. The van der Waals surface area contributed by atoms with E-state index < -0.39 is 0 Å². The average Bonchev–Trinajstić information content (AvgIpc) is 3.14. The fourth-order valence-electron chi connectivity index (χ4n) is 3.45. The number of rotatable bonds is 2. The Labute approximate surface area is 146 Å². The van der Waals surface area contributed by atoms with Crippen molar-refractivity contribution in [3.05, 3.63) is 66.2 Å². The van der Waals surface area contributed by atoms with E-state index in [1.807, 2.05) is 66.5 Å². The van der Waals surface area contributed by atoms with Crippen LogP contribution in [0.25, 0.3) is 11.3 Å². The molecule has 3 aromatic rings. The normalized spacial score (nSPS) is 15.9. The van der Waals surface area contributed by atoms with E-state index in [2.05, 4.69) is 23.4 Å². The minimum atomic E-state index is -0.143. The maximum absolute atomic E-state index is 12.8. The van der Waals surface area contributed by atoms with Crippen molar-refractivity contribution < 1.29 is 4.79 Å². The van der Waals surface area contributed by atoms with Crippen molar-refractivity contribution >= 4 is 17.5 Å². The van der Waals surface area contributed by atoms with Crippen LogP contribution in [0.15, 0.2) is 60.7 Å². The van der Waals surface area contributed by atoms with Crippen LogP contribution in [0.2, 0.25) is 0 Å². The summed E-state index contributed by atoms with van der Waals surface area (Å²) < 4.78 is 1.78. The first-order chi connectivity index (χ1) is 12.1. The first-order valence-corrected chi connectivity index (χ1v) is 8.41. The minimum Gasteiger partial charge on any atom is -0.291 e. The van der Waals surface area contributed by atoms with Gasteiger partial charge in [-0.1, -0.05) is 48.5 Å². The fourth-order valence-corrected chi connectivity index (χ4v) is 3.45. The summed E-state index contributed by atoms with van der Waals surface area (Å²) >= 11 is 0. The number of nitrogens with one attached hydrogen (secondary N) is 1. The zero-order valence-corrected chi connectivity index (χ0v) is 14.3. The first-order valence-electron chi connectivity index (χ1n) is 8.41. The Hall–Kier alpha value is -3.08. The van der Waals surface area contributed by atoms with Crippen LogP contribution in [0.4, 0.5) is 16.3 Å². The molecule has 5 heteroatoms. The number of para-hydroxylation sites is 1. The number of aromatic nitrogens is 2. The maximum Gasteiger partial charge on any atom is 0.327 e. The second kappa shape index (κ2) is 6.09. The lowest BCUT2D eigenvalue weighted by Gasteiger charge is -2.22. The van der Waals surface area contributed by atoms with E-state index in [0.717, 1.165) is 23.4 Å². The van der Waals surface area contributed by atoms with Crippen LogP contribution in [0, 0.1) is 0 Å². The van der Waals surface area contributed by atoms with E-state index in [-0.39, 0.29) is 12.1 Å². The van der Waals surface area contributed by atoms with Gasteiger partial charge in [-0.25, -0.2) is 4.79 Å². The SMILES string of the molecule is CC1Cc2ccccc2N1C(=O)Nc1cc(-c2ccccc2)n(C)n1. The molecule has 126 valence electrons. The lowest BCUT2D eigenvalue weighted by Crippen LogP contribution is -2.39. The molecule has 0 radical (unpaired) electrons. The largest absolute Gasteiger partial charge is 0.327 e. The van der Waals surface area contributed by atoms with Crippen molar-refractivity contribution in [1.29, 1.82) is 0 Å². The van der Waals surface area contributed by atoms with E-state index in [1.54, 1.807) is 4.68 Å². The Bertz CT molecular complexity index is 916. The summed E-state index contributed by atoms with van der Waals surface area (Å²) in [4.78, 5) is 14.6. The Kier molecular flexibility index (Phi) is 3.76. The predicted octanol–water partition coefficient (Wildman–Crippen LogP) is 4.07. The highest BCUT2D eigenvalue weighted by atomic mass is 16.2. The number of anilines is 2. The van der Waals surface area contributed by atoms with E-state index in [4.69, 9.17) is 0 Å². The molecule has 1 atom stereocenters. The summed E-state index contributed by atoms with van der Waals surface area (Å²) in [7, 11) is 1.88. The molecule has 2 aromatic carbocycles. The number of nitrogens with zero attached hydrogens (tertiary/aromatic N) is 3. The number of aryl methyl sites for hydroxylation is 1. The van der Waals surface area contributed by atoms with Gasteiger partial charge >= 0.3 is 6.03 Å². The molecule has 2 heterocycles. The molecule has 1 unspecified atom stereocenters. The molecule has 2 amide bonds. The molecule has 1 N–H and O–H groups in total. The average molecular weight is 332 g/mol. The lowest BCUT2D eigenvalue weighted by molar-refractivity contribution is 0.255. The second-order valence-corrected chi connectivity index (χ2v) is 6.39. The van der Waals surface area contributed by atoms with Gasteiger partial charge in [-0.3, -0.25) is 14.9 Å². The summed E-state index contributed by atoms with van der Waals surface area (Å²) in [6, 6.07) is 20.0. The molecule has 4 rings (SSSR count). The van der Waals surface area contributed by atoms with Gasteiger partial charge in [0.1, 0.15) is 0 Å². The van der Waals surface area contributed by atoms with E-state index in [0.29, 0.717) is 5.82 Å². The van der Waals surface area contributed by atoms with Gasteiger partial charge in [0.25, 0.3) is 0 Å². The number of hydrogen-bond donors (Lipinski definition) is 1. The van der Waals surface area contributed by atoms with E-state index >= 15 is 0 Å². The Morgan fingerprint density at radius 3 is 2.64 bits per heavy atom. The van der Waals surface area contributed by atoms with Crippen LogP contribution in [0.3, 0.4) is 0 Å². The first kappa shape index (κ1) is 15.4. The predicted molar refractivity (Wildman–Crippen MR) is 99.7 cm³/mol. The fraction of sp³-hybridized carbons (Fsp3) is 0.200. The number of amides is 2. The summed E-state index contributed by atoms with van der Waals surface area (Å²) in [5, 5.41) is 7.38. The Morgan fingerprint density at radius 2 is 1.84 bits per heavy atom. The van der Waals surface area contributed by atoms with Gasteiger partial charge < -0.3 is 0 Å². The van der Waals surface area contributed by atoms with Crippen molar-refractivity contribution in [3.63, 3.8) is 0 Å². The number of fused-ring (bicyclic) bond motifs is 1. The van der Waals surface area contributed by atoms with Gasteiger partial charge in [0.15, 0.2) is 5.82 Å². The summed E-state index contributed by atoms with van der Waals surface area (Å²) in [5.74, 6) is 0.558. The van der Waals surface area contributed by atoms with Crippen LogP contribution >= 0.6 is 0 Å². The van der Waals surface area contributed by atoms with Crippen LogP contribution in [0.1, 0.15) is 12.5 Å². The molecule has 0 saturated heterocycles. The summed E-state index contributed by atoms with van der Waals surface area (Å²) in [6.45, 7) is 2.06. The topological polar surface area (TPSA) is 50.2 Å². The van der Waals surface area contributed by atoms with Crippen molar-refractivity contribution in [1.82, 2.24) is 9.78 Å². The number of hydrogen-bond acceptors (Lipinski definition) is 2. The van der Waals surface area contributed by atoms with Gasteiger partial charge in [-0.05, 0) is 30.5 Å². The lowest BCUT2D eigenvalue weighted by atomic mass is 10.1. The van der Waals surface area contributed by atoms with Crippen molar-refractivity contribution in [2.24, 2.45) is 7.05 Å². The molecule has 5 nitrogen and oxygen atoms in total. The summed E-state index contributed by atoms with van der Waals surface area (Å²) in [5.41, 5.74) is 4.21. The van der Waals surface area contributed by atoms with Crippen LogP contribution in [-0.2, 0) is 13.5 Å². The van der Waals surface area contributed by atoms with E-state index in [1.165, 1.54) is 5.56 Å². The van der Waals surface area contributed by atoms with E-state index in [9.17, 15) is 4.79 Å². The molecule has 0 fully saturated rings. The summed E-state index contributed by atoms with van der Waals surface area (Å²) in [6.07, 6.45) is 0.876. The van der Waals surface area contributed by atoms with Crippen molar-refractivity contribution in [3.8, 4) is 11.3 Å². The zero-order valence-electron chi connectivity index (χ0n) is 14.3. The van der Waals surface area contributed by atoms with Gasteiger partial charge in [0.05, 0.1) is 5.69 Å². The highest BCUT2D eigenvalue weighted by Gasteiger charge is 2.31. The van der Waals surface area contributed by atoms with Gasteiger partial charge in [0, 0.05) is 24.8 Å². The van der Waals surface area contributed by atoms with Gasteiger partial charge in [-0.2, -0.15) is 5.10 Å². The quantitative estimate of drug-likeness (QED) is 0.769. The third-order valence-corrected chi connectivity index (χ3v) is 4.61. The molecular weight excluding hydrogens is 312 g/mol. The molecule has 1 aromatic heterocycles. The standard InChI is InChI=1S/C20H20N4O/c1-14-12-16-10-6-7-11-17(16)24(14)20(25)21-19-13-18(23(2)22-19)15-8-4-3-5-9-15/h3-11,13-14H,12H2,1-2H3,(H,21,22,25).